The van der Waals surface area contributed by atoms with E-state index in [-0.39, 0.29) is 5.91 Å². The van der Waals surface area contributed by atoms with Crippen LogP contribution < -0.4 is 14.2 Å². The lowest BCUT2D eigenvalue weighted by atomic mass is 10.1. The van der Waals surface area contributed by atoms with E-state index >= 15 is 0 Å². The van der Waals surface area contributed by atoms with Crippen LogP contribution in [0, 0.1) is 6.92 Å². The molecule has 0 unspecified atom stereocenters. The van der Waals surface area contributed by atoms with Gasteiger partial charge in [-0.15, -0.1) is 0 Å². The first kappa shape index (κ1) is 18.6. The van der Waals surface area contributed by atoms with E-state index in [1.54, 1.807) is 33.3 Å². The third kappa shape index (κ3) is 4.65. The molecule has 0 fully saturated rings. The SMILES string of the molecule is COc1cc(CCC(=O)N(C)Cc2cc(C)on2)cc(OC)c1OC. The molecule has 0 atom stereocenters. The summed E-state index contributed by atoms with van der Waals surface area (Å²) in [6.45, 7) is 2.24. The Morgan fingerprint density at radius 2 is 1.76 bits per heavy atom. The standard InChI is InChI=1S/C18H24N2O5/c1-12-8-14(19-25-12)11-20(2)17(21)7-6-13-9-15(22-3)18(24-5)16(10-13)23-4/h8-10H,6-7,11H2,1-5H3. The summed E-state index contributed by atoms with van der Waals surface area (Å²) in [4.78, 5) is 14.0. The maximum absolute atomic E-state index is 12.3. The fourth-order valence-corrected chi connectivity index (χ4v) is 2.55. The van der Waals surface area contributed by atoms with Crippen molar-refractivity contribution in [1.82, 2.24) is 10.1 Å². The average molecular weight is 348 g/mol. The van der Waals surface area contributed by atoms with Crippen molar-refractivity contribution in [3.8, 4) is 17.2 Å². The minimum Gasteiger partial charge on any atom is -0.493 e. The number of amides is 1. The summed E-state index contributed by atoms with van der Waals surface area (Å²) in [5.74, 6) is 2.45. The molecule has 0 radical (unpaired) electrons. The molecule has 7 nitrogen and oxygen atoms in total. The van der Waals surface area contributed by atoms with Gasteiger partial charge < -0.3 is 23.6 Å². The molecular weight excluding hydrogens is 324 g/mol. The Hall–Kier alpha value is -2.70. The summed E-state index contributed by atoms with van der Waals surface area (Å²) in [6, 6.07) is 5.54. The molecule has 0 bridgehead atoms. The number of methoxy groups -OCH3 is 3. The summed E-state index contributed by atoms with van der Waals surface area (Å²) in [5, 5.41) is 3.91. The number of ether oxygens (including phenoxy) is 3. The number of hydrogen-bond acceptors (Lipinski definition) is 6. The van der Waals surface area contributed by atoms with Crippen molar-refractivity contribution >= 4 is 5.91 Å². The molecule has 2 aromatic rings. The zero-order valence-electron chi connectivity index (χ0n) is 15.3. The maximum atomic E-state index is 12.3. The molecule has 0 aliphatic carbocycles. The molecule has 2 rings (SSSR count). The van der Waals surface area contributed by atoms with Gasteiger partial charge in [-0.2, -0.15) is 0 Å². The molecule has 0 N–H and O–H groups in total. The van der Waals surface area contributed by atoms with Crippen LogP contribution in [0.3, 0.4) is 0 Å². The molecule has 1 amide bonds. The first-order chi connectivity index (χ1) is 12.0. The Kier molecular flexibility index (Phi) is 6.27. The lowest BCUT2D eigenvalue weighted by Gasteiger charge is -2.17. The molecule has 0 saturated heterocycles. The van der Waals surface area contributed by atoms with Gasteiger partial charge in [0.1, 0.15) is 11.5 Å². The van der Waals surface area contributed by atoms with Crippen LogP contribution in [0.15, 0.2) is 22.7 Å². The summed E-state index contributed by atoms with van der Waals surface area (Å²) in [5.41, 5.74) is 1.68. The summed E-state index contributed by atoms with van der Waals surface area (Å²) < 4.78 is 21.0. The normalized spacial score (nSPS) is 10.4. The van der Waals surface area contributed by atoms with Gasteiger partial charge in [0, 0.05) is 19.5 Å². The van der Waals surface area contributed by atoms with Gasteiger partial charge in [-0.25, -0.2) is 0 Å². The van der Waals surface area contributed by atoms with Crippen LogP contribution in [-0.4, -0.2) is 44.3 Å². The number of carbonyl (C=O) groups is 1. The van der Waals surface area contributed by atoms with Crippen molar-refractivity contribution in [2.45, 2.75) is 26.3 Å². The van der Waals surface area contributed by atoms with Crippen LogP contribution in [0.2, 0.25) is 0 Å². The number of aryl methyl sites for hydroxylation is 2. The smallest absolute Gasteiger partial charge is 0.222 e. The van der Waals surface area contributed by atoms with E-state index in [9.17, 15) is 4.79 Å². The highest BCUT2D eigenvalue weighted by atomic mass is 16.5. The van der Waals surface area contributed by atoms with E-state index in [4.69, 9.17) is 18.7 Å². The third-order valence-electron chi connectivity index (χ3n) is 3.85. The minimum atomic E-state index is 0.0226. The van der Waals surface area contributed by atoms with Crippen LogP contribution >= 0.6 is 0 Å². The monoisotopic (exact) mass is 348 g/mol. The van der Waals surface area contributed by atoms with Crippen molar-refractivity contribution in [3.63, 3.8) is 0 Å². The van der Waals surface area contributed by atoms with Crippen molar-refractivity contribution in [1.29, 1.82) is 0 Å². The first-order valence-electron chi connectivity index (χ1n) is 7.93. The van der Waals surface area contributed by atoms with Gasteiger partial charge in [0.25, 0.3) is 0 Å². The largest absolute Gasteiger partial charge is 0.493 e. The molecule has 1 heterocycles. The lowest BCUT2D eigenvalue weighted by Crippen LogP contribution is -2.26. The Labute approximate surface area is 147 Å². The molecule has 136 valence electrons. The third-order valence-corrected chi connectivity index (χ3v) is 3.85. The fraction of sp³-hybridized carbons (Fsp3) is 0.444. The van der Waals surface area contributed by atoms with Crippen molar-refractivity contribution in [3.05, 3.63) is 35.2 Å². The van der Waals surface area contributed by atoms with Gasteiger partial charge in [-0.05, 0) is 31.0 Å². The van der Waals surface area contributed by atoms with Gasteiger partial charge in [-0.1, -0.05) is 5.16 Å². The molecular formula is C18H24N2O5. The highest BCUT2D eigenvalue weighted by Gasteiger charge is 2.15. The molecule has 25 heavy (non-hydrogen) atoms. The van der Waals surface area contributed by atoms with Gasteiger partial charge >= 0.3 is 0 Å². The number of carbonyl (C=O) groups excluding carboxylic acids is 1. The van der Waals surface area contributed by atoms with E-state index in [0.29, 0.717) is 36.6 Å². The number of nitrogens with zero attached hydrogens (tertiary/aromatic N) is 2. The van der Waals surface area contributed by atoms with Crippen LogP contribution in [-0.2, 0) is 17.8 Å². The molecule has 0 spiro atoms. The molecule has 1 aromatic heterocycles. The zero-order valence-corrected chi connectivity index (χ0v) is 15.3. The summed E-state index contributed by atoms with van der Waals surface area (Å²) in [7, 11) is 6.45. The second kappa shape index (κ2) is 8.41. The van der Waals surface area contributed by atoms with E-state index in [0.717, 1.165) is 17.0 Å². The predicted octanol–water partition coefficient (Wildman–Crippen LogP) is 2.60. The Morgan fingerprint density at radius 1 is 1.12 bits per heavy atom. The van der Waals surface area contributed by atoms with E-state index in [2.05, 4.69) is 5.16 Å². The van der Waals surface area contributed by atoms with E-state index in [1.807, 2.05) is 25.1 Å². The quantitative estimate of drug-likeness (QED) is 0.730. The van der Waals surface area contributed by atoms with Gasteiger partial charge in [-0.3, -0.25) is 4.79 Å². The number of benzene rings is 1. The van der Waals surface area contributed by atoms with Gasteiger partial charge in [0.05, 0.1) is 27.9 Å². The number of aromatic nitrogens is 1. The minimum absolute atomic E-state index is 0.0226. The highest BCUT2D eigenvalue weighted by Crippen LogP contribution is 2.38. The maximum Gasteiger partial charge on any atom is 0.222 e. The molecule has 1 aromatic carbocycles. The first-order valence-corrected chi connectivity index (χ1v) is 7.93. The number of rotatable bonds is 8. The van der Waals surface area contributed by atoms with Crippen LogP contribution in [0.4, 0.5) is 0 Å². The topological polar surface area (TPSA) is 74.0 Å². The van der Waals surface area contributed by atoms with Crippen LogP contribution in [0.25, 0.3) is 0 Å². The fourth-order valence-electron chi connectivity index (χ4n) is 2.55. The Morgan fingerprint density at radius 3 is 2.24 bits per heavy atom. The zero-order chi connectivity index (χ0) is 18.4. The van der Waals surface area contributed by atoms with Crippen LogP contribution in [0.5, 0.6) is 17.2 Å². The van der Waals surface area contributed by atoms with Crippen LogP contribution in [0.1, 0.15) is 23.4 Å². The van der Waals surface area contributed by atoms with E-state index in [1.165, 1.54) is 0 Å². The van der Waals surface area contributed by atoms with Crippen molar-refractivity contribution < 1.29 is 23.5 Å². The van der Waals surface area contributed by atoms with Gasteiger partial charge in [0.15, 0.2) is 11.5 Å². The second-order valence-electron chi connectivity index (χ2n) is 5.71. The Balaban J connectivity index is 2.01. The number of hydrogen-bond donors (Lipinski definition) is 0. The highest BCUT2D eigenvalue weighted by molar-refractivity contribution is 5.76. The summed E-state index contributed by atoms with van der Waals surface area (Å²) in [6.07, 6.45) is 0.934. The molecule has 0 aliphatic rings. The molecule has 7 heteroatoms. The molecule has 0 saturated carbocycles. The second-order valence-corrected chi connectivity index (χ2v) is 5.71. The lowest BCUT2D eigenvalue weighted by molar-refractivity contribution is -0.130. The van der Waals surface area contributed by atoms with Crippen molar-refractivity contribution in [2.24, 2.45) is 0 Å². The van der Waals surface area contributed by atoms with Gasteiger partial charge in [0.2, 0.25) is 11.7 Å². The Bertz CT molecular complexity index is 701. The van der Waals surface area contributed by atoms with E-state index < -0.39 is 0 Å². The average Bonchev–Trinajstić information content (AvgIpc) is 3.03. The molecule has 0 aliphatic heterocycles. The summed E-state index contributed by atoms with van der Waals surface area (Å²) >= 11 is 0. The van der Waals surface area contributed by atoms with Crippen molar-refractivity contribution in [2.75, 3.05) is 28.4 Å². The predicted molar refractivity (Wildman–Crippen MR) is 92.1 cm³/mol.